The first kappa shape index (κ1) is 12.8. The number of aliphatic hydroxyl groups is 1. The average Bonchev–Trinajstić information content (AvgIpc) is 2.46. The molecule has 3 heteroatoms. The van der Waals surface area contributed by atoms with Gasteiger partial charge in [-0.05, 0) is 31.0 Å². The average molecular weight is 275 g/mol. The molecular weight excluding hydrogens is 256 g/mol. The van der Waals surface area contributed by atoms with E-state index in [0.717, 1.165) is 24.3 Å². The summed E-state index contributed by atoms with van der Waals surface area (Å²) in [5.41, 5.74) is 0. The second-order valence-corrected chi connectivity index (χ2v) is 7.14. The lowest BCUT2D eigenvalue weighted by molar-refractivity contribution is 0.184. The second-order valence-electron chi connectivity index (χ2n) is 4.97. The molecule has 1 aliphatic rings. The molecule has 2 unspecified atom stereocenters. The normalized spacial score (nSPS) is 23.5. The largest absolute Gasteiger partial charge is 0.496 e. The number of rotatable bonds is 2. The Morgan fingerprint density at radius 3 is 2.68 bits per heavy atom. The third kappa shape index (κ3) is 2.45. The summed E-state index contributed by atoms with van der Waals surface area (Å²) in [6.45, 7) is 0. The molecule has 100 valence electrons. The van der Waals surface area contributed by atoms with Crippen LogP contribution in [0.1, 0.15) is 12.8 Å². The highest BCUT2D eigenvalue weighted by Crippen LogP contribution is 2.34. The topological polar surface area (TPSA) is 29.5 Å². The van der Waals surface area contributed by atoms with Gasteiger partial charge in [0.05, 0.1) is 13.2 Å². The van der Waals surface area contributed by atoms with Crippen LogP contribution in [0.5, 0.6) is 5.75 Å². The summed E-state index contributed by atoms with van der Waals surface area (Å²) in [6.07, 6.45) is 1.96. The third-order valence-corrected chi connectivity index (χ3v) is 6.24. The van der Waals surface area contributed by atoms with E-state index in [4.69, 9.17) is 4.74 Å². The number of ether oxygens (including phenoxy) is 1. The Kier molecular flexibility index (Phi) is 3.67. The Morgan fingerprint density at radius 1 is 1.16 bits per heavy atom. The molecule has 2 nitrogen and oxygen atoms in total. The van der Waals surface area contributed by atoms with E-state index in [1.165, 1.54) is 21.4 Å². The predicted octanol–water partition coefficient (Wildman–Crippen LogP) is 2.98. The summed E-state index contributed by atoms with van der Waals surface area (Å²) >= 11 is 0. The van der Waals surface area contributed by atoms with Crippen LogP contribution in [0.3, 0.4) is 0 Å². The van der Waals surface area contributed by atoms with Crippen LogP contribution < -0.4 is 4.74 Å². The first-order valence-electron chi connectivity index (χ1n) is 6.71. The summed E-state index contributed by atoms with van der Waals surface area (Å²) in [4.78, 5) is 1.38. The van der Waals surface area contributed by atoms with Crippen molar-refractivity contribution in [3.8, 4) is 5.75 Å². The number of methoxy groups -OCH3 is 1. The van der Waals surface area contributed by atoms with Crippen molar-refractivity contribution < 1.29 is 9.84 Å². The minimum absolute atomic E-state index is 0.127. The molecule has 3 rings (SSSR count). The minimum Gasteiger partial charge on any atom is -0.496 e. The van der Waals surface area contributed by atoms with E-state index in [1.807, 2.05) is 6.07 Å². The SMILES string of the molecule is COc1ccc([S+]2CCCC(O)C2)c2ccccc12. The lowest BCUT2D eigenvalue weighted by atomic mass is 10.1. The lowest BCUT2D eigenvalue weighted by Gasteiger charge is -2.19. The lowest BCUT2D eigenvalue weighted by Crippen LogP contribution is -2.29. The van der Waals surface area contributed by atoms with E-state index in [2.05, 4.69) is 30.3 Å². The molecule has 2 aromatic carbocycles. The molecule has 0 saturated carbocycles. The summed E-state index contributed by atoms with van der Waals surface area (Å²) in [5, 5.41) is 12.3. The van der Waals surface area contributed by atoms with Crippen LogP contribution in [0, 0.1) is 0 Å². The monoisotopic (exact) mass is 275 g/mol. The van der Waals surface area contributed by atoms with Gasteiger partial charge >= 0.3 is 0 Å². The number of hydrogen-bond acceptors (Lipinski definition) is 2. The van der Waals surface area contributed by atoms with Crippen LogP contribution in [-0.2, 0) is 10.9 Å². The van der Waals surface area contributed by atoms with E-state index in [0.29, 0.717) is 0 Å². The maximum Gasteiger partial charge on any atom is 0.163 e. The van der Waals surface area contributed by atoms with Crippen molar-refractivity contribution >= 4 is 21.7 Å². The van der Waals surface area contributed by atoms with Crippen LogP contribution in [0.25, 0.3) is 10.8 Å². The summed E-state index contributed by atoms with van der Waals surface area (Å²) in [5.74, 6) is 3.05. The van der Waals surface area contributed by atoms with Gasteiger partial charge < -0.3 is 9.84 Å². The fourth-order valence-corrected chi connectivity index (χ4v) is 5.23. The van der Waals surface area contributed by atoms with Gasteiger partial charge in [-0.15, -0.1) is 0 Å². The van der Waals surface area contributed by atoms with Gasteiger partial charge in [0, 0.05) is 21.7 Å². The maximum absolute atomic E-state index is 9.90. The van der Waals surface area contributed by atoms with Gasteiger partial charge in [-0.25, -0.2) is 0 Å². The van der Waals surface area contributed by atoms with Crippen molar-refractivity contribution in [3.63, 3.8) is 0 Å². The van der Waals surface area contributed by atoms with Gasteiger partial charge in [-0.3, -0.25) is 0 Å². The Hall–Kier alpha value is -1.19. The highest BCUT2D eigenvalue weighted by molar-refractivity contribution is 7.97. The standard InChI is InChI=1S/C16H19O2S/c1-18-15-8-9-16(14-7-3-2-6-13(14)15)19-10-4-5-12(17)11-19/h2-3,6-9,12,17H,4-5,10-11H2,1H3/q+1. The Morgan fingerprint density at radius 2 is 1.95 bits per heavy atom. The molecule has 1 saturated heterocycles. The Balaban J connectivity index is 2.09. The van der Waals surface area contributed by atoms with Crippen LogP contribution >= 0.6 is 0 Å². The van der Waals surface area contributed by atoms with Crippen molar-refractivity contribution in [3.05, 3.63) is 36.4 Å². The van der Waals surface area contributed by atoms with Crippen LogP contribution in [0.15, 0.2) is 41.3 Å². The molecule has 2 aromatic rings. The highest BCUT2D eigenvalue weighted by atomic mass is 32.2. The van der Waals surface area contributed by atoms with Crippen molar-refractivity contribution in [2.24, 2.45) is 0 Å². The molecule has 1 N–H and O–H groups in total. The number of aliphatic hydroxyl groups excluding tert-OH is 1. The zero-order chi connectivity index (χ0) is 13.2. The molecule has 0 aliphatic carbocycles. The van der Waals surface area contributed by atoms with Crippen LogP contribution in [0.2, 0.25) is 0 Å². The molecule has 0 spiro atoms. The fraction of sp³-hybridized carbons (Fsp3) is 0.375. The smallest absolute Gasteiger partial charge is 0.163 e. The summed E-state index contributed by atoms with van der Waals surface area (Å²) in [7, 11) is 1.89. The van der Waals surface area contributed by atoms with Gasteiger partial charge in [0.2, 0.25) is 0 Å². The molecule has 19 heavy (non-hydrogen) atoms. The summed E-state index contributed by atoms with van der Waals surface area (Å²) < 4.78 is 5.44. The molecule has 0 aromatic heterocycles. The van der Waals surface area contributed by atoms with Gasteiger partial charge in [-0.2, -0.15) is 0 Å². The number of fused-ring (bicyclic) bond motifs is 1. The number of benzene rings is 2. The predicted molar refractivity (Wildman–Crippen MR) is 81.1 cm³/mol. The van der Waals surface area contributed by atoms with Crippen molar-refractivity contribution in [2.45, 2.75) is 23.8 Å². The van der Waals surface area contributed by atoms with Crippen molar-refractivity contribution in [2.75, 3.05) is 18.6 Å². The maximum atomic E-state index is 9.90. The van der Waals surface area contributed by atoms with Crippen LogP contribution in [0.4, 0.5) is 0 Å². The van der Waals surface area contributed by atoms with E-state index in [1.54, 1.807) is 7.11 Å². The minimum atomic E-state index is -0.127. The molecule has 0 amide bonds. The number of hydrogen-bond donors (Lipinski definition) is 1. The second kappa shape index (κ2) is 5.43. The van der Waals surface area contributed by atoms with Gasteiger partial charge in [0.15, 0.2) is 4.90 Å². The Bertz CT molecular complexity index is 582. The molecule has 0 radical (unpaired) electrons. The first-order chi connectivity index (χ1) is 9.29. The van der Waals surface area contributed by atoms with Gasteiger partial charge in [0.1, 0.15) is 17.3 Å². The van der Waals surface area contributed by atoms with E-state index >= 15 is 0 Å². The van der Waals surface area contributed by atoms with Gasteiger partial charge in [-0.1, -0.05) is 18.2 Å². The van der Waals surface area contributed by atoms with E-state index in [9.17, 15) is 5.11 Å². The quantitative estimate of drug-likeness (QED) is 0.854. The zero-order valence-corrected chi connectivity index (χ0v) is 12.0. The van der Waals surface area contributed by atoms with Crippen molar-refractivity contribution in [1.29, 1.82) is 0 Å². The fourth-order valence-electron chi connectivity index (χ4n) is 2.77. The summed E-state index contributed by atoms with van der Waals surface area (Å²) in [6, 6.07) is 12.7. The van der Waals surface area contributed by atoms with Crippen molar-refractivity contribution in [1.82, 2.24) is 0 Å². The zero-order valence-electron chi connectivity index (χ0n) is 11.1. The molecule has 1 aliphatic heterocycles. The van der Waals surface area contributed by atoms with E-state index in [-0.39, 0.29) is 17.0 Å². The van der Waals surface area contributed by atoms with Gasteiger partial charge in [0.25, 0.3) is 0 Å². The molecular formula is C16H19O2S+. The molecule has 1 fully saturated rings. The van der Waals surface area contributed by atoms with E-state index < -0.39 is 0 Å². The molecule has 0 bridgehead atoms. The molecule has 2 atom stereocenters. The van der Waals surface area contributed by atoms with Crippen LogP contribution in [-0.4, -0.2) is 29.8 Å². The Labute approximate surface area is 116 Å². The first-order valence-corrected chi connectivity index (χ1v) is 8.27. The molecule has 1 heterocycles. The highest BCUT2D eigenvalue weighted by Gasteiger charge is 2.31. The third-order valence-electron chi connectivity index (χ3n) is 3.70.